The van der Waals surface area contributed by atoms with Gasteiger partial charge in [0.15, 0.2) is 6.10 Å². The summed E-state index contributed by atoms with van der Waals surface area (Å²) in [7, 11) is -4.71. The van der Waals surface area contributed by atoms with Crippen LogP contribution in [0.4, 0.5) is 0 Å². The van der Waals surface area contributed by atoms with Gasteiger partial charge in [0.1, 0.15) is 6.61 Å². The van der Waals surface area contributed by atoms with Crippen molar-refractivity contribution in [3.63, 3.8) is 0 Å². The lowest BCUT2D eigenvalue weighted by Crippen LogP contribution is -2.29. The highest BCUT2D eigenvalue weighted by molar-refractivity contribution is 7.46. The summed E-state index contributed by atoms with van der Waals surface area (Å²) < 4.78 is 25.1. The minimum Gasteiger partial charge on any atom is -0.462 e. The van der Waals surface area contributed by atoms with Crippen molar-refractivity contribution in [1.82, 2.24) is 0 Å². The Kier molecular flexibility index (Phi) is 22.1. The van der Waals surface area contributed by atoms with Crippen LogP contribution in [-0.2, 0) is 28.2 Å². The zero-order chi connectivity index (χ0) is 26.9. The number of allylic oxidation sites excluding steroid dienone is 8. The van der Waals surface area contributed by atoms with Gasteiger partial charge in [-0.15, -0.1) is 0 Å². The fourth-order valence-electron chi connectivity index (χ4n) is 3.09. The number of ether oxygens (including phenoxy) is 2. The van der Waals surface area contributed by atoms with E-state index in [-0.39, 0.29) is 13.0 Å². The van der Waals surface area contributed by atoms with Gasteiger partial charge in [-0.25, -0.2) is 4.57 Å². The van der Waals surface area contributed by atoms with Crippen LogP contribution < -0.4 is 0 Å². The van der Waals surface area contributed by atoms with Gasteiger partial charge in [-0.2, -0.15) is 0 Å². The Balaban J connectivity index is 3.76. The molecule has 1 atom stereocenters. The Bertz CT molecular complexity index is 736. The molecule has 0 aromatic rings. The van der Waals surface area contributed by atoms with E-state index in [0.29, 0.717) is 6.42 Å². The molecule has 0 heterocycles. The molecule has 36 heavy (non-hydrogen) atoms. The van der Waals surface area contributed by atoms with E-state index < -0.39 is 32.5 Å². The highest BCUT2D eigenvalue weighted by Crippen LogP contribution is 2.35. The molecule has 2 N–H and O–H groups in total. The number of phosphoric acid groups is 1. The minimum atomic E-state index is -4.71. The van der Waals surface area contributed by atoms with Crippen molar-refractivity contribution in [1.29, 1.82) is 0 Å². The summed E-state index contributed by atoms with van der Waals surface area (Å²) in [6.45, 7) is 2.45. The third kappa shape index (κ3) is 26.6. The average molecular weight is 529 g/mol. The summed E-state index contributed by atoms with van der Waals surface area (Å²) in [5.74, 6) is -1.10. The third-order valence-electron chi connectivity index (χ3n) is 4.92. The summed E-state index contributed by atoms with van der Waals surface area (Å²) in [6, 6.07) is 0. The molecule has 0 saturated carbocycles. The second kappa shape index (κ2) is 23.4. The molecule has 0 spiro atoms. The van der Waals surface area contributed by atoms with Crippen LogP contribution in [0.3, 0.4) is 0 Å². The van der Waals surface area contributed by atoms with Crippen molar-refractivity contribution in [2.45, 2.75) is 97.0 Å². The van der Waals surface area contributed by atoms with Gasteiger partial charge >= 0.3 is 19.8 Å². The Labute approximate surface area is 216 Å². The van der Waals surface area contributed by atoms with Gasteiger partial charge in [0.2, 0.25) is 0 Å². The van der Waals surface area contributed by atoms with Gasteiger partial charge in [-0.3, -0.25) is 14.1 Å². The van der Waals surface area contributed by atoms with Gasteiger partial charge in [0.25, 0.3) is 0 Å². The van der Waals surface area contributed by atoms with Gasteiger partial charge in [-0.05, 0) is 44.9 Å². The average Bonchev–Trinajstić information content (AvgIpc) is 2.81. The highest BCUT2D eigenvalue weighted by atomic mass is 31.2. The summed E-state index contributed by atoms with van der Waals surface area (Å²) >= 11 is 0. The van der Waals surface area contributed by atoms with Crippen LogP contribution in [-0.4, -0.2) is 41.0 Å². The van der Waals surface area contributed by atoms with Gasteiger partial charge < -0.3 is 19.3 Å². The number of esters is 2. The molecule has 0 aliphatic rings. The van der Waals surface area contributed by atoms with Crippen molar-refractivity contribution in [2.24, 2.45) is 0 Å². The molecule has 0 aliphatic carbocycles. The second-order valence-electron chi connectivity index (χ2n) is 8.36. The maximum absolute atomic E-state index is 12.0. The van der Waals surface area contributed by atoms with E-state index in [9.17, 15) is 14.2 Å². The van der Waals surface area contributed by atoms with Crippen LogP contribution in [0.1, 0.15) is 90.9 Å². The smallest absolute Gasteiger partial charge is 0.462 e. The van der Waals surface area contributed by atoms with Gasteiger partial charge in [-0.1, -0.05) is 81.2 Å². The first-order chi connectivity index (χ1) is 17.2. The number of phosphoric ester groups is 1. The van der Waals surface area contributed by atoms with Crippen molar-refractivity contribution >= 4 is 19.8 Å². The van der Waals surface area contributed by atoms with Crippen molar-refractivity contribution in [3.8, 4) is 0 Å². The molecule has 0 amide bonds. The van der Waals surface area contributed by atoms with Crippen LogP contribution in [0.2, 0.25) is 0 Å². The normalized spacial score (nSPS) is 13.3. The fraction of sp³-hybridized carbons (Fsp3) is 0.630. The largest absolute Gasteiger partial charge is 0.469 e. The maximum Gasteiger partial charge on any atom is 0.469 e. The van der Waals surface area contributed by atoms with Gasteiger partial charge in [0.05, 0.1) is 6.61 Å². The Morgan fingerprint density at radius 2 is 1.31 bits per heavy atom. The summed E-state index contributed by atoms with van der Waals surface area (Å²) in [5, 5.41) is 0. The first-order valence-corrected chi connectivity index (χ1v) is 14.4. The highest BCUT2D eigenvalue weighted by Gasteiger charge is 2.22. The summed E-state index contributed by atoms with van der Waals surface area (Å²) in [5.41, 5.74) is 0. The number of carbonyl (C=O) groups excluding carboxylic acids is 2. The van der Waals surface area contributed by atoms with Crippen LogP contribution in [0.25, 0.3) is 0 Å². The van der Waals surface area contributed by atoms with Crippen molar-refractivity contribution in [2.75, 3.05) is 13.2 Å². The number of carbonyl (C=O) groups is 2. The van der Waals surface area contributed by atoms with Gasteiger partial charge in [0, 0.05) is 13.3 Å². The molecule has 0 radical (unpaired) electrons. The van der Waals surface area contributed by atoms with E-state index in [0.717, 1.165) is 64.2 Å². The standard InChI is InChI=1S/C27H45O8P/c1-3-4-5-6-7-8-9-10-11-12-13-14-15-16-17-18-19-20-21-22-27(29)35-26(23-33-25(2)28)24-34-36(30,31)32/h4-5,7-8,10-11,13-14,26H,3,6,9,12,15-24H2,1-2H3,(H2,30,31,32)/b5-4-,8-7-,11-10-,14-13-. The molecule has 0 rings (SSSR count). The number of hydrogen-bond acceptors (Lipinski definition) is 6. The quantitative estimate of drug-likeness (QED) is 0.0708. The Morgan fingerprint density at radius 3 is 1.86 bits per heavy atom. The van der Waals surface area contributed by atoms with Crippen molar-refractivity contribution < 1.29 is 37.9 Å². The first kappa shape index (κ1) is 34.0. The van der Waals surface area contributed by atoms with E-state index in [2.05, 4.69) is 60.1 Å². The number of hydrogen-bond donors (Lipinski definition) is 2. The lowest BCUT2D eigenvalue weighted by molar-refractivity contribution is -0.160. The molecule has 0 saturated heterocycles. The fourth-order valence-corrected chi connectivity index (χ4v) is 3.45. The lowest BCUT2D eigenvalue weighted by atomic mass is 10.1. The molecular weight excluding hydrogens is 483 g/mol. The van der Waals surface area contributed by atoms with Crippen LogP contribution in [0, 0.1) is 0 Å². The zero-order valence-corrected chi connectivity index (χ0v) is 22.8. The van der Waals surface area contributed by atoms with E-state index in [1.807, 2.05) is 0 Å². The maximum atomic E-state index is 12.0. The second-order valence-corrected chi connectivity index (χ2v) is 9.60. The van der Waals surface area contributed by atoms with E-state index >= 15 is 0 Å². The van der Waals surface area contributed by atoms with E-state index in [1.165, 1.54) is 6.92 Å². The topological polar surface area (TPSA) is 119 Å². The first-order valence-electron chi connectivity index (χ1n) is 12.9. The number of rotatable bonds is 22. The van der Waals surface area contributed by atoms with E-state index in [1.54, 1.807) is 0 Å². The lowest BCUT2D eigenvalue weighted by Gasteiger charge is -2.18. The van der Waals surface area contributed by atoms with Crippen LogP contribution in [0.5, 0.6) is 0 Å². The van der Waals surface area contributed by atoms with Crippen LogP contribution >= 0.6 is 7.82 Å². The predicted molar refractivity (Wildman–Crippen MR) is 142 cm³/mol. The molecular formula is C27H45O8P. The molecule has 8 nitrogen and oxygen atoms in total. The van der Waals surface area contributed by atoms with Crippen molar-refractivity contribution in [3.05, 3.63) is 48.6 Å². The molecule has 9 heteroatoms. The Morgan fingerprint density at radius 1 is 0.778 bits per heavy atom. The molecule has 0 aliphatic heterocycles. The predicted octanol–water partition coefficient (Wildman–Crippen LogP) is 6.50. The SMILES string of the molecule is CC/C=C\C/C=C\C/C=C\C/C=C\CCCCCCCCC(=O)OC(COC(C)=O)COP(=O)(O)O. The zero-order valence-electron chi connectivity index (χ0n) is 21.9. The molecule has 0 bridgehead atoms. The number of unbranched alkanes of at least 4 members (excludes halogenated alkanes) is 6. The minimum absolute atomic E-state index is 0.189. The van der Waals surface area contributed by atoms with E-state index in [4.69, 9.17) is 19.3 Å². The molecule has 0 fully saturated rings. The van der Waals surface area contributed by atoms with Crippen LogP contribution in [0.15, 0.2) is 48.6 Å². The molecule has 0 aromatic carbocycles. The molecule has 0 aromatic heterocycles. The molecule has 206 valence electrons. The third-order valence-corrected chi connectivity index (χ3v) is 5.41. The Hall–Kier alpha value is -1.99. The summed E-state index contributed by atoms with van der Waals surface area (Å²) in [6.07, 6.45) is 27.8. The summed E-state index contributed by atoms with van der Waals surface area (Å²) in [4.78, 5) is 40.5. The monoisotopic (exact) mass is 528 g/mol. The molecule has 1 unspecified atom stereocenters.